The molecule has 1 atom stereocenters. The van der Waals surface area contributed by atoms with Crippen molar-refractivity contribution < 1.29 is 14.3 Å². The highest BCUT2D eigenvalue weighted by Crippen LogP contribution is 2.34. The highest BCUT2D eigenvalue weighted by atomic mass is 16.7. The first kappa shape index (κ1) is 14.0. The van der Waals surface area contributed by atoms with Crippen LogP contribution >= 0.6 is 0 Å². The Hall–Kier alpha value is -1.91. The molecule has 5 heteroatoms. The molecule has 1 aromatic rings. The number of hydrogen-bond acceptors (Lipinski definition) is 4. The summed E-state index contributed by atoms with van der Waals surface area (Å²) in [6, 6.07) is 5.70. The fourth-order valence-corrected chi connectivity index (χ4v) is 2.87. The molecule has 0 spiro atoms. The van der Waals surface area contributed by atoms with E-state index in [-0.39, 0.29) is 18.7 Å². The number of fused-ring (bicyclic) bond motifs is 1. The third-order valence-corrected chi connectivity index (χ3v) is 4.10. The molecule has 0 saturated heterocycles. The summed E-state index contributed by atoms with van der Waals surface area (Å²) in [6.07, 6.45) is 5.92. The van der Waals surface area contributed by atoms with Gasteiger partial charge in [0.05, 0.1) is 0 Å². The average molecular weight is 290 g/mol. The first-order valence-corrected chi connectivity index (χ1v) is 7.69. The Morgan fingerprint density at radius 2 is 1.95 bits per heavy atom. The van der Waals surface area contributed by atoms with Crippen molar-refractivity contribution in [3.8, 4) is 11.5 Å². The van der Waals surface area contributed by atoms with Crippen molar-refractivity contribution in [2.24, 2.45) is 0 Å². The third-order valence-electron chi connectivity index (χ3n) is 4.10. The number of anilines is 1. The van der Waals surface area contributed by atoms with Gasteiger partial charge in [-0.2, -0.15) is 0 Å². The normalized spacial score (nSPS) is 19.1. The van der Waals surface area contributed by atoms with E-state index in [1.165, 1.54) is 19.3 Å². The Labute approximate surface area is 125 Å². The topological polar surface area (TPSA) is 59.6 Å². The molecule has 1 amide bonds. The van der Waals surface area contributed by atoms with Crippen molar-refractivity contribution in [2.75, 3.05) is 12.1 Å². The Morgan fingerprint density at radius 1 is 1.19 bits per heavy atom. The van der Waals surface area contributed by atoms with Gasteiger partial charge in [-0.25, -0.2) is 0 Å². The fraction of sp³-hybridized carbons (Fsp3) is 0.562. The number of hydrogen-bond donors (Lipinski definition) is 2. The van der Waals surface area contributed by atoms with Crippen LogP contribution in [0.5, 0.6) is 11.5 Å². The lowest BCUT2D eigenvalue weighted by Crippen LogP contribution is -2.43. The second-order valence-electron chi connectivity index (χ2n) is 5.78. The van der Waals surface area contributed by atoms with Crippen molar-refractivity contribution in [1.82, 2.24) is 5.32 Å². The van der Waals surface area contributed by atoms with Crippen LogP contribution in [0.2, 0.25) is 0 Å². The molecule has 1 unspecified atom stereocenters. The Kier molecular flexibility index (Phi) is 4.18. The predicted octanol–water partition coefficient (Wildman–Crippen LogP) is 2.66. The predicted molar refractivity (Wildman–Crippen MR) is 80.7 cm³/mol. The van der Waals surface area contributed by atoms with Crippen LogP contribution in [-0.4, -0.2) is 24.8 Å². The third kappa shape index (κ3) is 3.40. The molecular weight excluding hydrogens is 268 g/mol. The van der Waals surface area contributed by atoms with Crippen molar-refractivity contribution in [3.05, 3.63) is 18.2 Å². The number of carbonyl (C=O) groups excluding carboxylic acids is 1. The number of amides is 1. The van der Waals surface area contributed by atoms with Crippen molar-refractivity contribution in [2.45, 2.75) is 51.1 Å². The smallest absolute Gasteiger partial charge is 0.242 e. The molecule has 0 aromatic heterocycles. The average Bonchev–Trinajstić information content (AvgIpc) is 2.95. The number of carbonyl (C=O) groups is 1. The minimum atomic E-state index is -0.271. The van der Waals surface area contributed by atoms with E-state index in [0.29, 0.717) is 6.04 Å². The highest BCUT2D eigenvalue weighted by molar-refractivity contribution is 5.84. The minimum Gasteiger partial charge on any atom is -0.454 e. The monoisotopic (exact) mass is 290 g/mol. The number of rotatable bonds is 4. The molecule has 1 aliphatic heterocycles. The van der Waals surface area contributed by atoms with E-state index in [1.54, 1.807) is 0 Å². The van der Waals surface area contributed by atoms with E-state index in [0.717, 1.165) is 30.0 Å². The van der Waals surface area contributed by atoms with Gasteiger partial charge in [-0.1, -0.05) is 19.3 Å². The SMILES string of the molecule is CC(Nc1ccc2c(c1)OCO2)C(=O)NC1CCCCC1. The number of nitrogens with one attached hydrogen (secondary N) is 2. The van der Waals surface area contributed by atoms with Crippen LogP contribution < -0.4 is 20.1 Å². The molecule has 21 heavy (non-hydrogen) atoms. The summed E-state index contributed by atoms with van der Waals surface area (Å²) in [5.41, 5.74) is 0.866. The Balaban J connectivity index is 1.55. The van der Waals surface area contributed by atoms with Crippen LogP contribution in [-0.2, 0) is 4.79 Å². The van der Waals surface area contributed by atoms with E-state index in [4.69, 9.17) is 9.47 Å². The van der Waals surface area contributed by atoms with Gasteiger partial charge in [0, 0.05) is 17.8 Å². The van der Waals surface area contributed by atoms with Gasteiger partial charge in [0.1, 0.15) is 6.04 Å². The van der Waals surface area contributed by atoms with Crippen LogP contribution in [0.4, 0.5) is 5.69 Å². The molecule has 1 fully saturated rings. The molecule has 2 aliphatic rings. The van der Waals surface area contributed by atoms with Crippen molar-refractivity contribution in [3.63, 3.8) is 0 Å². The largest absolute Gasteiger partial charge is 0.454 e. The van der Waals surface area contributed by atoms with Crippen LogP contribution in [0, 0.1) is 0 Å². The van der Waals surface area contributed by atoms with Crippen molar-refractivity contribution >= 4 is 11.6 Å². The molecule has 1 saturated carbocycles. The zero-order valence-corrected chi connectivity index (χ0v) is 12.4. The fourth-order valence-electron chi connectivity index (χ4n) is 2.87. The molecule has 5 nitrogen and oxygen atoms in total. The van der Waals surface area contributed by atoms with E-state index >= 15 is 0 Å². The molecule has 2 N–H and O–H groups in total. The van der Waals surface area contributed by atoms with Gasteiger partial charge < -0.3 is 20.1 Å². The second kappa shape index (κ2) is 6.24. The molecule has 0 bridgehead atoms. The summed E-state index contributed by atoms with van der Waals surface area (Å²) < 4.78 is 10.6. The molecular formula is C16H22N2O3. The lowest BCUT2D eigenvalue weighted by molar-refractivity contribution is -0.122. The first-order valence-electron chi connectivity index (χ1n) is 7.69. The van der Waals surface area contributed by atoms with Gasteiger partial charge in [0.25, 0.3) is 0 Å². The maximum atomic E-state index is 12.2. The Bertz CT molecular complexity index is 512. The zero-order chi connectivity index (χ0) is 14.7. The van der Waals surface area contributed by atoms with E-state index in [2.05, 4.69) is 10.6 Å². The van der Waals surface area contributed by atoms with Crippen LogP contribution in [0.1, 0.15) is 39.0 Å². The number of benzene rings is 1. The lowest BCUT2D eigenvalue weighted by atomic mass is 9.95. The standard InChI is InChI=1S/C16H22N2O3/c1-11(16(19)18-12-5-3-2-4-6-12)17-13-7-8-14-15(9-13)21-10-20-14/h7-9,11-12,17H,2-6,10H2,1H3,(H,18,19). The molecule has 114 valence electrons. The summed E-state index contributed by atoms with van der Waals surface area (Å²) >= 11 is 0. The summed E-state index contributed by atoms with van der Waals surface area (Å²) in [5, 5.41) is 6.35. The second-order valence-corrected chi connectivity index (χ2v) is 5.78. The lowest BCUT2D eigenvalue weighted by Gasteiger charge is -2.25. The Morgan fingerprint density at radius 3 is 2.76 bits per heavy atom. The van der Waals surface area contributed by atoms with Crippen LogP contribution in [0.25, 0.3) is 0 Å². The van der Waals surface area contributed by atoms with E-state index in [9.17, 15) is 4.79 Å². The van der Waals surface area contributed by atoms with Gasteiger partial charge in [0.15, 0.2) is 11.5 Å². The summed E-state index contributed by atoms with van der Waals surface area (Å²) in [5.74, 6) is 1.53. The zero-order valence-electron chi connectivity index (χ0n) is 12.4. The number of ether oxygens (including phenoxy) is 2. The maximum absolute atomic E-state index is 12.2. The van der Waals surface area contributed by atoms with Gasteiger partial charge in [-0.05, 0) is 31.9 Å². The first-order chi connectivity index (χ1) is 10.2. The minimum absolute atomic E-state index is 0.0552. The summed E-state index contributed by atoms with van der Waals surface area (Å²) in [4.78, 5) is 12.2. The van der Waals surface area contributed by atoms with Crippen molar-refractivity contribution in [1.29, 1.82) is 0 Å². The molecule has 1 aliphatic carbocycles. The summed E-state index contributed by atoms with van der Waals surface area (Å²) in [6.45, 7) is 2.14. The van der Waals surface area contributed by atoms with E-state index in [1.807, 2.05) is 25.1 Å². The van der Waals surface area contributed by atoms with Gasteiger partial charge in [-0.15, -0.1) is 0 Å². The highest BCUT2D eigenvalue weighted by Gasteiger charge is 2.20. The van der Waals surface area contributed by atoms with Gasteiger partial charge in [-0.3, -0.25) is 4.79 Å². The summed E-state index contributed by atoms with van der Waals surface area (Å²) in [7, 11) is 0. The van der Waals surface area contributed by atoms with Crippen LogP contribution in [0.3, 0.4) is 0 Å². The quantitative estimate of drug-likeness (QED) is 0.895. The van der Waals surface area contributed by atoms with E-state index < -0.39 is 0 Å². The van der Waals surface area contributed by atoms with Crippen LogP contribution in [0.15, 0.2) is 18.2 Å². The van der Waals surface area contributed by atoms with Gasteiger partial charge >= 0.3 is 0 Å². The molecule has 0 radical (unpaired) electrons. The molecule has 3 rings (SSSR count). The molecule has 1 heterocycles. The maximum Gasteiger partial charge on any atom is 0.242 e. The molecule has 1 aromatic carbocycles. The van der Waals surface area contributed by atoms with Gasteiger partial charge in [0.2, 0.25) is 12.7 Å².